The SMILES string of the molecule is CC(=O)OC[C@H]1O[C@@H](n2c(C)nc3nn[nH]c(=O)c32)[C@H](OC(C)=O)[C@@H]1OC(C)=O. The van der Waals surface area contributed by atoms with Gasteiger partial charge in [0.1, 0.15) is 18.5 Å². The Balaban J connectivity index is 2.09. The Morgan fingerprint density at radius 1 is 1.10 bits per heavy atom. The summed E-state index contributed by atoms with van der Waals surface area (Å²) in [6, 6.07) is 0. The molecule has 0 aromatic carbocycles. The highest BCUT2D eigenvalue weighted by Gasteiger charge is 2.51. The topological polar surface area (TPSA) is 165 Å². The number of imidazole rings is 1. The molecule has 0 aliphatic carbocycles. The highest BCUT2D eigenvalue weighted by atomic mass is 16.7. The zero-order valence-electron chi connectivity index (χ0n) is 16.1. The number of aromatic nitrogens is 5. The number of nitrogens with zero attached hydrogens (tertiary/aromatic N) is 4. The third kappa shape index (κ3) is 4.08. The molecule has 1 N–H and O–H groups in total. The lowest BCUT2D eigenvalue weighted by molar-refractivity contribution is -0.166. The Kier molecular flexibility index (Phi) is 5.59. The molecule has 4 atom stereocenters. The van der Waals surface area contributed by atoms with Crippen molar-refractivity contribution in [1.29, 1.82) is 0 Å². The van der Waals surface area contributed by atoms with Gasteiger partial charge < -0.3 is 18.9 Å². The first-order chi connectivity index (χ1) is 13.7. The molecule has 0 spiro atoms. The zero-order valence-corrected chi connectivity index (χ0v) is 16.1. The maximum Gasteiger partial charge on any atom is 0.303 e. The van der Waals surface area contributed by atoms with Crippen molar-refractivity contribution in [3.63, 3.8) is 0 Å². The van der Waals surface area contributed by atoms with Crippen LogP contribution < -0.4 is 5.56 Å². The van der Waals surface area contributed by atoms with Gasteiger partial charge in [0.15, 0.2) is 24.0 Å². The second-order valence-corrected chi connectivity index (χ2v) is 6.36. The molecule has 1 fully saturated rings. The summed E-state index contributed by atoms with van der Waals surface area (Å²) in [5, 5.41) is 9.44. The van der Waals surface area contributed by atoms with Crippen LogP contribution in [0.3, 0.4) is 0 Å². The fraction of sp³-hybridized carbons (Fsp3) is 0.562. The van der Waals surface area contributed by atoms with Crippen LogP contribution in [0.5, 0.6) is 0 Å². The molecule has 0 radical (unpaired) electrons. The number of H-pyrrole nitrogens is 1. The van der Waals surface area contributed by atoms with Crippen LogP contribution in [0.15, 0.2) is 4.79 Å². The van der Waals surface area contributed by atoms with Crippen molar-refractivity contribution in [2.45, 2.75) is 52.2 Å². The van der Waals surface area contributed by atoms with Gasteiger partial charge in [-0.3, -0.25) is 23.7 Å². The quantitative estimate of drug-likeness (QED) is 0.483. The lowest BCUT2D eigenvalue weighted by atomic mass is 10.1. The summed E-state index contributed by atoms with van der Waals surface area (Å²) in [6.07, 6.45) is -4.28. The maximum absolute atomic E-state index is 12.3. The lowest BCUT2D eigenvalue weighted by Crippen LogP contribution is -2.40. The average molecular weight is 409 g/mol. The summed E-state index contributed by atoms with van der Waals surface area (Å²) >= 11 is 0. The van der Waals surface area contributed by atoms with E-state index in [4.69, 9.17) is 18.9 Å². The van der Waals surface area contributed by atoms with Crippen molar-refractivity contribution in [3.8, 4) is 0 Å². The number of carbonyl (C=O) groups is 3. The number of rotatable bonds is 5. The molecule has 0 unspecified atom stereocenters. The first-order valence-electron chi connectivity index (χ1n) is 8.62. The standard InChI is InChI=1S/C16H19N5O8/c1-6-17-14-11(15(25)19-20-18-14)21(6)16-13(28-9(4)24)12(27-8(3)23)10(29-16)5-26-7(2)22/h10,12-13,16H,5H2,1-4H3,(H,18,19,25)/t10-,12-,13-,16-/m1/s1. The van der Waals surface area contributed by atoms with Crippen LogP contribution in [0.1, 0.15) is 32.8 Å². The van der Waals surface area contributed by atoms with Gasteiger partial charge in [-0.2, -0.15) is 0 Å². The first-order valence-corrected chi connectivity index (χ1v) is 8.62. The second kappa shape index (κ2) is 7.95. The maximum atomic E-state index is 12.3. The van der Waals surface area contributed by atoms with Crippen LogP contribution >= 0.6 is 0 Å². The fourth-order valence-corrected chi connectivity index (χ4v) is 3.19. The highest BCUT2D eigenvalue weighted by molar-refractivity contribution is 5.70. The summed E-state index contributed by atoms with van der Waals surface area (Å²) in [4.78, 5) is 51.1. The largest absolute Gasteiger partial charge is 0.463 e. The summed E-state index contributed by atoms with van der Waals surface area (Å²) in [5.74, 6) is -1.56. The molecule has 29 heavy (non-hydrogen) atoms. The molecule has 13 heteroatoms. The summed E-state index contributed by atoms with van der Waals surface area (Å²) in [5.41, 5.74) is -0.494. The molecular weight excluding hydrogens is 390 g/mol. The minimum Gasteiger partial charge on any atom is -0.463 e. The van der Waals surface area contributed by atoms with Gasteiger partial charge in [0.25, 0.3) is 5.56 Å². The summed E-state index contributed by atoms with van der Waals surface area (Å²) in [7, 11) is 0. The Labute approximate surface area is 163 Å². The second-order valence-electron chi connectivity index (χ2n) is 6.36. The first kappa shape index (κ1) is 20.4. The van der Waals surface area contributed by atoms with Crippen molar-refractivity contribution in [2.24, 2.45) is 0 Å². The van der Waals surface area contributed by atoms with E-state index >= 15 is 0 Å². The summed E-state index contributed by atoms with van der Waals surface area (Å²) in [6.45, 7) is 4.90. The molecule has 1 aliphatic rings. The molecule has 2 aromatic heterocycles. The van der Waals surface area contributed by atoms with Gasteiger partial charge in [0.05, 0.1) is 0 Å². The molecule has 3 rings (SSSR count). The van der Waals surface area contributed by atoms with E-state index in [1.807, 2.05) is 0 Å². The number of aryl methyl sites for hydroxylation is 1. The Morgan fingerprint density at radius 3 is 2.38 bits per heavy atom. The van der Waals surface area contributed by atoms with E-state index in [9.17, 15) is 19.2 Å². The molecule has 2 aromatic rings. The molecule has 1 aliphatic heterocycles. The molecule has 3 heterocycles. The van der Waals surface area contributed by atoms with Gasteiger partial charge in [-0.05, 0) is 6.92 Å². The molecule has 156 valence electrons. The minimum absolute atomic E-state index is 0.0364. The molecule has 0 saturated carbocycles. The van der Waals surface area contributed by atoms with Crippen LogP contribution in [0, 0.1) is 6.92 Å². The molecular formula is C16H19N5O8. The molecule has 13 nitrogen and oxygen atoms in total. The van der Waals surface area contributed by atoms with Crippen LogP contribution in [0.25, 0.3) is 11.2 Å². The van der Waals surface area contributed by atoms with Crippen molar-refractivity contribution < 1.29 is 33.3 Å². The number of ether oxygens (including phenoxy) is 4. The van der Waals surface area contributed by atoms with E-state index in [0.29, 0.717) is 5.82 Å². The predicted octanol–water partition coefficient (Wildman–Crippen LogP) is -0.853. The predicted molar refractivity (Wildman–Crippen MR) is 92.3 cm³/mol. The van der Waals surface area contributed by atoms with E-state index < -0.39 is 48.0 Å². The molecule has 0 bridgehead atoms. The number of hydrogen-bond donors (Lipinski definition) is 1. The summed E-state index contributed by atoms with van der Waals surface area (Å²) < 4.78 is 22.9. The van der Waals surface area contributed by atoms with Crippen molar-refractivity contribution in [3.05, 3.63) is 16.2 Å². The highest BCUT2D eigenvalue weighted by Crippen LogP contribution is 2.36. The lowest BCUT2D eigenvalue weighted by Gasteiger charge is -2.24. The van der Waals surface area contributed by atoms with E-state index in [2.05, 4.69) is 20.4 Å². The van der Waals surface area contributed by atoms with Gasteiger partial charge in [-0.25, -0.2) is 10.1 Å². The van der Waals surface area contributed by atoms with Gasteiger partial charge >= 0.3 is 17.9 Å². The van der Waals surface area contributed by atoms with Gasteiger partial charge in [0.2, 0.25) is 5.65 Å². The van der Waals surface area contributed by atoms with Crippen molar-refractivity contribution >= 4 is 29.1 Å². The van der Waals surface area contributed by atoms with Crippen molar-refractivity contribution in [1.82, 2.24) is 25.0 Å². The number of nitrogens with one attached hydrogen (secondary N) is 1. The Bertz CT molecular complexity index is 1010. The fourth-order valence-electron chi connectivity index (χ4n) is 3.19. The minimum atomic E-state index is -1.14. The smallest absolute Gasteiger partial charge is 0.303 e. The number of aromatic amines is 1. The van der Waals surface area contributed by atoms with E-state index in [0.717, 1.165) is 0 Å². The zero-order chi connectivity index (χ0) is 21.3. The number of esters is 3. The number of hydrogen-bond acceptors (Lipinski definition) is 11. The third-order valence-electron chi connectivity index (χ3n) is 4.18. The third-order valence-corrected chi connectivity index (χ3v) is 4.18. The van der Waals surface area contributed by atoms with Crippen molar-refractivity contribution in [2.75, 3.05) is 6.61 Å². The monoisotopic (exact) mass is 409 g/mol. The van der Waals surface area contributed by atoms with E-state index in [1.54, 1.807) is 6.92 Å². The van der Waals surface area contributed by atoms with Crippen LogP contribution in [-0.4, -0.2) is 67.8 Å². The molecule has 1 saturated heterocycles. The van der Waals surface area contributed by atoms with Gasteiger partial charge in [-0.15, -0.1) is 5.10 Å². The van der Waals surface area contributed by atoms with Gasteiger partial charge in [0, 0.05) is 20.8 Å². The van der Waals surface area contributed by atoms with Crippen LogP contribution in [-0.2, 0) is 33.3 Å². The Hall–Kier alpha value is -3.35. The number of fused-ring (bicyclic) bond motifs is 1. The number of carbonyl (C=O) groups excluding carboxylic acids is 3. The van der Waals surface area contributed by atoms with E-state index in [-0.39, 0.29) is 17.8 Å². The van der Waals surface area contributed by atoms with Crippen LogP contribution in [0.2, 0.25) is 0 Å². The van der Waals surface area contributed by atoms with Crippen LogP contribution in [0.4, 0.5) is 0 Å². The average Bonchev–Trinajstić information content (AvgIpc) is 3.10. The molecule has 0 amide bonds. The van der Waals surface area contributed by atoms with E-state index in [1.165, 1.54) is 25.3 Å². The normalized spacial score (nSPS) is 23.7. The Morgan fingerprint density at radius 2 is 1.76 bits per heavy atom. The van der Waals surface area contributed by atoms with Gasteiger partial charge in [-0.1, -0.05) is 5.21 Å².